The summed E-state index contributed by atoms with van der Waals surface area (Å²) < 4.78 is 6.14. The molecule has 4 aromatic rings. The van der Waals surface area contributed by atoms with Crippen molar-refractivity contribution in [3.63, 3.8) is 0 Å². The van der Waals surface area contributed by atoms with Gasteiger partial charge >= 0.3 is 0 Å². The average Bonchev–Trinajstić information content (AvgIpc) is 3.30. The number of carbonyl (C=O) groups excluding carboxylic acids is 1. The first kappa shape index (κ1) is 22.1. The number of amides is 1. The highest BCUT2D eigenvalue weighted by atomic mass is 16.5. The van der Waals surface area contributed by atoms with Gasteiger partial charge in [0.2, 0.25) is 0 Å². The third-order valence-corrected chi connectivity index (χ3v) is 6.19. The molecule has 8 nitrogen and oxygen atoms in total. The molecule has 1 aliphatic heterocycles. The van der Waals surface area contributed by atoms with Gasteiger partial charge in [0, 0.05) is 51.7 Å². The fourth-order valence-electron chi connectivity index (χ4n) is 4.34. The van der Waals surface area contributed by atoms with Gasteiger partial charge in [-0.15, -0.1) is 0 Å². The quantitative estimate of drug-likeness (QED) is 0.423. The van der Waals surface area contributed by atoms with Crippen molar-refractivity contribution < 1.29 is 9.53 Å². The van der Waals surface area contributed by atoms with E-state index in [1.54, 1.807) is 24.5 Å². The summed E-state index contributed by atoms with van der Waals surface area (Å²) in [6.07, 6.45) is 3.43. The van der Waals surface area contributed by atoms with E-state index in [2.05, 4.69) is 55.1 Å². The van der Waals surface area contributed by atoms with E-state index in [0.717, 1.165) is 50.3 Å². The number of primary amides is 1. The van der Waals surface area contributed by atoms with Crippen LogP contribution in [0.1, 0.15) is 15.9 Å². The van der Waals surface area contributed by atoms with Crippen LogP contribution in [0.4, 0.5) is 0 Å². The Morgan fingerprint density at radius 1 is 1.00 bits per heavy atom. The average molecular weight is 457 g/mol. The lowest BCUT2D eigenvalue weighted by molar-refractivity contribution is 0.100. The molecule has 3 heterocycles. The Bertz CT molecular complexity index is 1260. The van der Waals surface area contributed by atoms with Gasteiger partial charge in [-0.1, -0.05) is 36.4 Å². The van der Waals surface area contributed by atoms with Gasteiger partial charge in [0.25, 0.3) is 5.91 Å². The van der Waals surface area contributed by atoms with E-state index in [9.17, 15) is 4.79 Å². The Morgan fingerprint density at radius 2 is 1.79 bits per heavy atom. The Hall–Kier alpha value is -3.75. The van der Waals surface area contributed by atoms with E-state index in [1.807, 2.05) is 12.1 Å². The SMILES string of the molecule is NC(=O)c1cccc2[nH]c(-c3cnccc3OCCN3CCN(Cc4ccccc4)CC3)nc12. The first-order chi connectivity index (χ1) is 16.7. The van der Waals surface area contributed by atoms with Crippen molar-refractivity contribution in [1.29, 1.82) is 0 Å². The summed E-state index contributed by atoms with van der Waals surface area (Å²) in [7, 11) is 0. The molecule has 0 unspecified atom stereocenters. The molecule has 5 rings (SSSR count). The molecule has 2 aromatic heterocycles. The Morgan fingerprint density at radius 3 is 2.59 bits per heavy atom. The first-order valence-electron chi connectivity index (χ1n) is 11.5. The van der Waals surface area contributed by atoms with Gasteiger partial charge in [-0.2, -0.15) is 0 Å². The zero-order valence-corrected chi connectivity index (χ0v) is 19.0. The van der Waals surface area contributed by atoms with Crippen LogP contribution in [0, 0.1) is 0 Å². The molecule has 0 spiro atoms. The van der Waals surface area contributed by atoms with E-state index in [4.69, 9.17) is 10.5 Å². The number of carbonyl (C=O) groups is 1. The van der Waals surface area contributed by atoms with Gasteiger partial charge in [0.05, 0.1) is 16.6 Å². The second-order valence-corrected chi connectivity index (χ2v) is 8.48. The maximum atomic E-state index is 11.8. The van der Waals surface area contributed by atoms with Gasteiger partial charge < -0.3 is 15.5 Å². The monoisotopic (exact) mass is 456 g/mol. The number of imidazole rings is 1. The summed E-state index contributed by atoms with van der Waals surface area (Å²) in [4.78, 5) is 28.8. The number of aromatic nitrogens is 3. The summed E-state index contributed by atoms with van der Waals surface area (Å²) >= 11 is 0. The van der Waals surface area contributed by atoms with Crippen LogP contribution in [-0.4, -0.2) is 70.0 Å². The van der Waals surface area contributed by atoms with Crippen LogP contribution in [0.3, 0.4) is 0 Å². The second-order valence-electron chi connectivity index (χ2n) is 8.48. The molecule has 0 atom stereocenters. The molecule has 0 aliphatic carbocycles. The van der Waals surface area contributed by atoms with Crippen molar-refractivity contribution in [3.05, 3.63) is 78.1 Å². The molecule has 8 heteroatoms. The maximum absolute atomic E-state index is 11.8. The number of H-pyrrole nitrogens is 1. The van der Waals surface area contributed by atoms with Gasteiger partial charge in [0.1, 0.15) is 23.7 Å². The van der Waals surface area contributed by atoms with Crippen molar-refractivity contribution >= 4 is 16.9 Å². The minimum atomic E-state index is -0.504. The van der Waals surface area contributed by atoms with Crippen LogP contribution in [0.15, 0.2) is 67.0 Å². The zero-order chi connectivity index (χ0) is 23.3. The maximum Gasteiger partial charge on any atom is 0.250 e. The van der Waals surface area contributed by atoms with Gasteiger partial charge in [0.15, 0.2) is 0 Å². The van der Waals surface area contributed by atoms with E-state index in [0.29, 0.717) is 29.3 Å². The predicted molar refractivity (Wildman–Crippen MR) is 131 cm³/mol. The number of hydrogen-bond acceptors (Lipinski definition) is 6. The number of piperazine rings is 1. The Balaban J connectivity index is 1.19. The minimum Gasteiger partial charge on any atom is -0.491 e. The molecular formula is C26H28N6O2. The molecule has 174 valence electrons. The molecule has 0 radical (unpaired) electrons. The smallest absolute Gasteiger partial charge is 0.250 e. The van der Waals surface area contributed by atoms with Crippen LogP contribution >= 0.6 is 0 Å². The van der Waals surface area contributed by atoms with Crippen molar-refractivity contribution in [2.24, 2.45) is 5.73 Å². The van der Waals surface area contributed by atoms with Gasteiger partial charge in [-0.25, -0.2) is 4.98 Å². The third-order valence-electron chi connectivity index (χ3n) is 6.19. The number of hydrogen-bond donors (Lipinski definition) is 2. The first-order valence-corrected chi connectivity index (χ1v) is 11.5. The second kappa shape index (κ2) is 10.0. The number of aromatic amines is 1. The highest BCUT2D eigenvalue weighted by Gasteiger charge is 2.18. The normalized spacial score (nSPS) is 14.9. The summed E-state index contributed by atoms with van der Waals surface area (Å²) in [6, 6.07) is 17.8. The number of benzene rings is 2. The highest BCUT2D eigenvalue weighted by molar-refractivity contribution is 6.04. The summed E-state index contributed by atoms with van der Waals surface area (Å²) in [5.41, 5.74) is 9.30. The summed E-state index contributed by atoms with van der Waals surface area (Å²) in [5, 5.41) is 0. The van der Waals surface area contributed by atoms with E-state index in [1.165, 1.54) is 5.56 Å². The van der Waals surface area contributed by atoms with Crippen LogP contribution in [0.2, 0.25) is 0 Å². The van der Waals surface area contributed by atoms with Crippen molar-refractivity contribution in [1.82, 2.24) is 24.8 Å². The molecular weight excluding hydrogens is 428 g/mol. The lowest BCUT2D eigenvalue weighted by Gasteiger charge is -2.34. The number of nitrogens with zero attached hydrogens (tertiary/aromatic N) is 4. The van der Waals surface area contributed by atoms with Crippen molar-refractivity contribution in [2.75, 3.05) is 39.3 Å². The topological polar surface area (TPSA) is 100 Å². The highest BCUT2D eigenvalue weighted by Crippen LogP contribution is 2.29. The van der Waals surface area contributed by atoms with E-state index >= 15 is 0 Å². The lowest BCUT2D eigenvalue weighted by Crippen LogP contribution is -2.47. The van der Waals surface area contributed by atoms with Crippen molar-refractivity contribution in [2.45, 2.75) is 6.54 Å². The molecule has 1 fully saturated rings. The number of fused-ring (bicyclic) bond motifs is 1. The third kappa shape index (κ3) is 4.93. The fourth-order valence-corrected chi connectivity index (χ4v) is 4.34. The molecule has 3 N–H and O–H groups in total. The van der Waals surface area contributed by atoms with E-state index in [-0.39, 0.29) is 0 Å². The lowest BCUT2D eigenvalue weighted by atomic mass is 10.2. The minimum absolute atomic E-state index is 0.387. The Labute approximate surface area is 198 Å². The molecule has 1 saturated heterocycles. The number of nitrogens with one attached hydrogen (secondary N) is 1. The molecule has 0 saturated carbocycles. The van der Waals surface area contributed by atoms with Crippen LogP contribution in [0.25, 0.3) is 22.4 Å². The predicted octanol–water partition coefficient (Wildman–Crippen LogP) is 2.92. The van der Waals surface area contributed by atoms with Gasteiger partial charge in [-0.05, 0) is 23.8 Å². The number of pyridine rings is 1. The zero-order valence-electron chi connectivity index (χ0n) is 19.0. The number of para-hydroxylation sites is 1. The molecule has 2 aromatic carbocycles. The molecule has 1 amide bonds. The van der Waals surface area contributed by atoms with Crippen molar-refractivity contribution in [3.8, 4) is 17.1 Å². The molecule has 1 aliphatic rings. The number of rotatable bonds is 8. The molecule has 34 heavy (non-hydrogen) atoms. The van der Waals surface area contributed by atoms with Gasteiger partial charge in [-0.3, -0.25) is 19.6 Å². The molecule has 0 bridgehead atoms. The van der Waals surface area contributed by atoms with Crippen LogP contribution in [0.5, 0.6) is 5.75 Å². The van der Waals surface area contributed by atoms with Crippen LogP contribution < -0.4 is 10.5 Å². The standard InChI is InChI=1S/C26H28N6O2/c27-25(33)20-7-4-8-22-24(20)30-26(29-22)21-17-28-10-9-23(21)34-16-15-31-11-13-32(14-12-31)18-19-5-2-1-3-6-19/h1-10,17H,11-16,18H2,(H2,27,33)(H,29,30). The number of ether oxygens (including phenoxy) is 1. The summed E-state index contributed by atoms with van der Waals surface area (Å²) in [5.74, 6) is 0.800. The summed E-state index contributed by atoms with van der Waals surface area (Å²) in [6.45, 7) is 6.58. The Kier molecular flexibility index (Phi) is 6.51. The fraction of sp³-hybridized carbons (Fsp3) is 0.269. The largest absolute Gasteiger partial charge is 0.491 e. The van der Waals surface area contributed by atoms with Crippen LogP contribution in [-0.2, 0) is 6.54 Å². The van der Waals surface area contributed by atoms with E-state index < -0.39 is 5.91 Å². The number of nitrogens with two attached hydrogens (primary N) is 1.